The number of halogens is 2. The van der Waals surface area contributed by atoms with Crippen molar-refractivity contribution < 1.29 is 13.5 Å². The van der Waals surface area contributed by atoms with E-state index in [2.05, 4.69) is 6.58 Å². The van der Waals surface area contributed by atoms with Crippen molar-refractivity contribution in [2.24, 2.45) is 0 Å². The van der Waals surface area contributed by atoms with Crippen LogP contribution in [0.1, 0.15) is 12.5 Å². The second-order valence-electron chi connectivity index (χ2n) is 2.48. The molecule has 0 saturated heterocycles. The maximum absolute atomic E-state index is 13.0. The summed E-state index contributed by atoms with van der Waals surface area (Å²) in [6.07, 6.45) is 0. The number of hydrogen-bond acceptors (Lipinski definition) is 1. The smallest absolute Gasteiger partial charge is 0.137 e. The molecule has 0 aromatic heterocycles. The molecule has 0 amide bonds. The van der Waals surface area contributed by atoms with E-state index < -0.39 is 11.6 Å². The Kier molecular flexibility index (Phi) is 3.01. The summed E-state index contributed by atoms with van der Waals surface area (Å²) >= 11 is 0. The molecule has 0 atom stereocenters. The average Bonchev–Trinajstić information content (AvgIpc) is 2.04. The molecule has 0 heterocycles. The molecule has 0 unspecified atom stereocenters. The van der Waals surface area contributed by atoms with Crippen LogP contribution in [0.2, 0.25) is 0 Å². The first-order chi connectivity index (χ1) is 6.15. The molecule has 0 aliphatic heterocycles. The van der Waals surface area contributed by atoms with Gasteiger partial charge in [-0.3, -0.25) is 0 Å². The molecule has 0 aliphatic rings. The van der Waals surface area contributed by atoms with E-state index in [0.29, 0.717) is 6.61 Å². The van der Waals surface area contributed by atoms with Crippen molar-refractivity contribution >= 4 is 5.76 Å². The summed E-state index contributed by atoms with van der Waals surface area (Å²) in [5.74, 6) is -1.04. The van der Waals surface area contributed by atoms with Gasteiger partial charge in [-0.2, -0.15) is 0 Å². The van der Waals surface area contributed by atoms with Gasteiger partial charge in [0.05, 0.1) is 12.2 Å². The summed E-state index contributed by atoms with van der Waals surface area (Å²) in [6.45, 7) is 5.70. The van der Waals surface area contributed by atoms with E-state index in [-0.39, 0.29) is 11.3 Å². The Balaban J connectivity index is 2.95. The van der Waals surface area contributed by atoms with Crippen LogP contribution in [0.5, 0.6) is 0 Å². The Labute approximate surface area is 75.6 Å². The van der Waals surface area contributed by atoms with E-state index in [1.165, 1.54) is 12.1 Å². The molecule has 0 aliphatic carbocycles. The minimum Gasteiger partial charge on any atom is -0.494 e. The molecular weight excluding hydrogens is 174 g/mol. The van der Waals surface area contributed by atoms with Gasteiger partial charge in [0.15, 0.2) is 0 Å². The largest absolute Gasteiger partial charge is 0.494 e. The lowest BCUT2D eigenvalue weighted by Gasteiger charge is -2.07. The predicted octanol–water partition coefficient (Wildman–Crippen LogP) is 2.97. The Morgan fingerprint density at radius 2 is 2.15 bits per heavy atom. The minimum absolute atomic E-state index is 0.197. The van der Waals surface area contributed by atoms with Gasteiger partial charge in [0.1, 0.15) is 17.4 Å². The summed E-state index contributed by atoms with van der Waals surface area (Å²) in [4.78, 5) is 0. The number of rotatable bonds is 3. The molecular formula is C10H10F2O. The summed E-state index contributed by atoms with van der Waals surface area (Å²) < 4.78 is 30.5. The van der Waals surface area contributed by atoms with Gasteiger partial charge in [0.2, 0.25) is 0 Å². The van der Waals surface area contributed by atoms with Crippen molar-refractivity contribution in [3.63, 3.8) is 0 Å². The zero-order chi connectivity index (χ0) is 9.84. The summed E-state index contributed by atoms with van der Waals surface area (Å²) in [5.41, 5.74) is 0.197. The highest BCUT2D eigenvalue weighted by Crippen LogP contribution is 2.18. The lowest BCUT2D eigenvalue weighted by Crippen LogP contribution is -1.94. The highest BCUT2D eigenvalue weighted by atomic mass is 19.1. The topological polar surface area (TPSA) is 9.23 Å². The monoisotopic (exact) mass is 184 g/mol. The van der Waals surface area contributed by atoms with Gasteiger partial charge >= 0.3 is 0 Å². The SMILES string of the molecule is C=C(OCC)c1ccc(F)cc1F. The van der Waals surface area contributed by atoms with Crippen LogP contribution in [0.4, 0.5) is 8.78 Å². The van der Waals surface area contributed by atoms with Crippen molar-refractivity contribution in [2.75, 3.05) is 6.61 Å². The van der Waals surface area contributed by atoms with E-state index in [1.54, 1.807) is 6.92 Å². The highest BCUT2D eigenvalue weighted by molar-refractivity contribution is 5.57. The van der Waals surface area contributed by atoms with Gasteiger partial charge in [-0.15, -0.1) is 0 Å². The van der Waals surface area contributed by atoms with Crippen LogP contribution in [-0.4, -0.2) is 6.61 Å². The van der Waals surface area contributed by atoms with Crippen molar-refractivity contribution in [3.05, 3.63) is 42.0 Å². The number of hydrogen-bond donors (Lipinski definition) is 0. The van der Waals surface area contributed by atoms with Crippen LogP contribution < -0.4 is 0 Å². The highest BCUT2D eigenvalue weighted by Gasteiger charge is 2.07. The van der Waals surface area contributed by atoms with Crippen LogP contribution in [0, 0.1) is 11.6 Å². The average molecular weight is 184 g/mol. The van der Waals surface area contributed by atoms with Gasteiger partial charge in [0, 0.05) is 6.07 Å². The molecule has 0 bridgehead atoms. The third-order valence-corrected chi connectivity index (χ3v) is 1.55. The van der Waals surface area contributed by atoms with E-state index in [1.807, 2.05) is 0 Å². The van der Waals surface area contributed by atoms with E-state index in [9.17, 15) is 8.78 Å². The molecule has 0 spiro atoms. The molecule has 1 aromatic carbocycles. The van der Waals surface area contributed by atoms with Gasteiger partial charge in [-0.05, 0) is 19.1 Å². The second-order valence-corrected chi connectivity index (χ2v) is 2.48. The van der Waals surface area contributed by atoms with Gasteiger partial charge < -0.3 is 4.74 Å². The molecule has 0 N–H and O–H groups in total. The van der Waals surface area contributed by atoms with E-state index >= 15 is 0 Å². The molecule has 70 valence electrons. The standard InChI is InChI=1S/C10H10F2O/c1-3-13-7(2)9-5-4-8(11)6-10(9)12/h4-6H,2-3H2,1H3. The summed E-state index contributed by atoms with van der Waals surface area (Å²) in [6, 6.07) is 3.28. The molecule has 1 aromatic rings. The summed E-state index contributed by atoms with van der Waals surface area (Å²) in [7, 11) is 0. The van der Waals surface area contributed by atoms with Crippen LogP contribution in [0.15, 0.2) is 24.8 Å². The van der Waals surface area contributed by atoms with Crippen LogP contribution in [-0.2, 0) is 4.74 Å². The minimum atomic E-state index is -0.654. The Morgan fingerprint density at radius 1 is 1.46 bits per heavy atom. The maximum Gasteiger partial charge on any atom is 0.137 e. The number of ether oxygens (including phenoxy) is 1. The third kappa shape index (κ3) is 2.28. The molecule has 0 saturated carbocycles. The quantitative estimate of drug-likeness (QED) is 0.656. The van der Waals surface area contributed by atoms with E-state index in [0.717, 1.165) is 6.07 Å². The Bertz CT molecular complexity index is 321. The van der Waals surface area contributed by atoms with Crippen LogP contribution in [0.25, 0.3) is 5.76 Å². The van der Waals surface area contributed by atoms with Gasteiger partial charge in [0.25, 0.3) is 0 Å². The Morgan fingerprint density at radius 3 is 2.69 bits per heavy atom. The molecule has 1 rings (SSSR count). The zero-order valence-corrected chi connectivity index (χ0v) is 7.31. The molecule has 13 heavy (non-hydrogen) atoms. The predicted molar refractivity (Wildman–Crippen MR) is 47.0 cm³/mol. The molecule has 1 nitrogen and oxygen atoms in total. The normalized spacial score (nSPS) is 9.77. The lowest BCUT2D eigenvalue weighted by molar-refractivity contribution is 0.297. The van der Waals surface area contributed by atoms with Crippen molar-refractivity contribution in [3.8, 4) is 0 Å². The van der Waals surface area contributed by atoms with Crippen LogP contribution >= 0.6 is 0 Å². The molecule has 0 fully saturated rings. The first-order valence-corrected chi connectivity index (χ1v) is 3.92. The first-order valence-electron chi connectivity index (χ1n) is 3.92. The van der Waals surface area contributed by atoms with Crippen molar-refractivity contribution in [1.82, 2.24) is 0 Å². The van der Waals surface area contributed by atoms with E-state index in [4.69, 9.17) is 4.74 Å². The van der Waals surface area contributed by atoms with Crippen LogP contribution in [0.3, 0.4) is 0 Å². The van der Waals surface area contributed by atoms with Crippen molar-refractivity contribution in [1.29, 1.82) is 0 Å². The van der Waals surface area contributed by atoms with Crippen molar-refractivity contribution in [2.45, 2.75) is 6.92 Å². The fourth-order valence-electron chi connectivity index (χ4n) is 0.968. The fraction of sp³-hybridized carbons (Fsp3) is 0.200. The van der Waals surface area contributed by atoms with Gasteiger partial charge in [-0.1, -0.05) is 6.58 Å². The molecule has 0 radical (unpaired) electrons. The first kappa shape index (κ1) is 9.71. The number of benzene rings is 1. The lowest BCUT2D eigenvalue weighted by atomic mass is 10.2. The maximum atomic E-state index is 13.0. The molecule has 3 heteroatoms. The van der Waals surface area contributed by atoms with Gasteiger partial charge in [-0.25, -0.2) is 8.78 Å². The third-order valence-electron chi connectivity index (χ3n) is 1.55. The Hall–Kier alpha value is -1.38. The fourth-order valence-corrected chi connectivity index (χ4v) is 0.968. The second kappa shape index (κ2) is 4.03. The summed E-state index contributed by atoms with van der Waals surface area (Å²) in [5, 5.41) is 0. The zero-order valence-electron chi connectivity index (χ0n) is 7.31.